The molecule has 3 aromatic heterocycles. The van der Waals surface area contributed by atoms with Crippen molar-refractivity contribution in [1.29, 1.82) is 0 Å². The second-order valence-corrected chi connectivity index (χ2v) is 9.71. The molecule has 0 radical (unpaired) electrons. The number of halogens is 2. The monoisotopic (exact) mass is 504 g/mol. The maximum absolute atomic E-state index is 15.1. The van der Waals surface area contributed by atoms with Gasteiger partial charge in [0.2, 0.25) is 5.95 Å². The number of aromatic nitrogens is 5. The number of nitrogens with zero attached hydrogens (tertiary/aromatic N) is 5. The van der Waals surface area contributed by atoms with Crippen LogP contribution in [0.5, 0.6) is 0 Å². The van der Waals surface area contributed by atoms with E-state index in [0.717, 1.165) is 43.9 Å². The van der Waals surface area contributed by atoms with Gasteiger partial charge in [-0.1, -0.05) is 29.8 Å². The molecule has 1 saturated heterocycles. The van der Waals surface area contributed by atoms with Crippen molar-refractivity contribution in [2.45, 2.75) is 12.8 Å². The zero-order valence-corrected chi connectivity index (χ0v) is 20.6. The zero-order chi connectivity index (χ0) is 24.6. The zero-order valence-electron chi connectivity index (χ0n) is 19.8. The number of hydrogen-bond acceptors (Lipinski definition) is 6. The topological polar surface area (TPSA) is 86.2 Å². The lowest BCUT2D eigenvalue weighted by Crippen LogP contribution is -2.33. The molecule has 1 aliphatic heterocycles. The number of fused-ring (bicyclic) bond motifs is 2. The Morgan fingerprint density at radius 2 is 1.94 bits per heavy atom. The number of hydrogen-bond donors (Lipinski definition) is 3. The van der Waals surface area contributed by atoms with Gasteiger partial charge in [0.05, 0.1) is 23.1 Å². The van der Waals surface area contributed by atoms with E-state index in [4.69, 9.17) is 11.6 Å². The van der Waals surface area contributed by atoms with Gasteiger partial charge in [0.1, 0.15) is 5.52 Å². The summed E-state index contributed by atoms with van der Waals surface area (Å²) in [4.78, 5) is 14.5. The van der Waals surface area contributed by atoms with E-state index in [1.165, 1.54) is 6.07 Å². The number of likely N-dealkylation sites (tertiary alicyclic amines) is 1. The smallest absolute Gasteiger partial charge is 0.205 e. The number of nitrogens with one attached hydrogen (secondary N) is 3. The molecule has 3 N–H and O–H groups in total. The SMILES string of the molecule is CN1CCC(CNc2cc(Cl)nn3c(-c4cc(F)c5nc(Nc6ccccc6)[nH]c5c4)cnc23)CC1. The van der Waals surface area contributed by atoms with E-state index in [1.807, 2.05) is 36.4 Å². The van der Waals surface area contributed by atoms with E-state index >= 15 is 4.39 Å². The molecule has 10 heteroatoms. The second-order valence-electron chi connectivity index (χ2n) is 9.32. The van der Waals surface area contributed by atoms with Crippen LogP contribution in [0.2, 0.25) is 5.15 Å². The average Bonchev–Trinajstić information content (AvgIpc) is 3.48. The fourth-order valence-corrected chi connectivity index (χ4v) is 4.91. The number of piperidine rings is 1. The molecule has 4 heterocycles. The van der Waals surface area contributed by atoms with Crippen LogP contribution in [0.1, 0.15) is 12.8 Å². The van der Waals surface area contributed by atoms with Crippen LogP contribution in [0.3, 0.4) is 0 Å². The molecule has 0 unspecified atom stereocenters. The van der Waals surface area contributed by atoms with Gasteiger partial charge in [-0.3, -0.25) is 0 Å². The molecule has 0 bridgehead atoms. The summed E-state index contributed by atoms with van der Waals surface area (Å²) in [5.74, 6) is 0.627. The van der Waals surface area contributed by atoms with Crippen molar-refractivity contribution in [1.82, 2.24) is 29.5 Å². The van der Waals surface area contributed by atoms with Gasteiger partial charge in [-0.2, -0.15) is 5.10 Å². The Labute approximate surface area is 212 Å². The summed E-state index contributed by atoms with van der Waals surface area (Å²) in [6.07, 6.45) is 4.01. The Balaban J connectivity index is 1.31. The summed E-state index contributed by atoms with van der Waals surface area (Å²) in [6.45, 7) is 3.06. The van der Waals surface area contributed by atoms with Gasteiger partial charge in [0.15, 0.2) is 16.6 Å². The number of para-hydroxylation sites is 1. The fourth-order valence-electron chi connectivity index (χ4n) is 4.73. The Morgan fingerprint density at radius 3 is 2.75 bits per heavy atom. The van der Waals surface area contributed by atoms with Crippen molar-refractivity contribution < 1.29 is 4.39 Å². The third-order valence-electron chi connectivity index (χ3n) is 6.73. The van der Waals surface area contributed by atoms with E-state index in [1.54, 1.807) is 16.8 Å². The van der Waals surface area contributed by atoms with Crippen molar-refractivity contribution in [3.63, 3.8) is 0 Å². The van der Waals surface area contributed by atoms with Crippen molar-refractivity contribution >= 4 is 45.6 Å². The number of benzene rings is 2. The summed E-state index contributed by atoms with van der Waals surface area (Å²) in [5, 5.41) is 11.5. The highest BCUT2D eigenvalue weighted by molar-refractivity contribution is 6.29. The van der Waals surface area contributed by atoms with E-state index in [-0.39, 0.29) is 5.52 Å². The lowest BCUT2D eigenvalue weighted by atomic mass is 9.97. The van der Waals surface area contributed by atoms with Gasteiger partial charge in [-0.15, -0.1) is 0 Å². The van der Waals surface area contributed by atoms with Crippen molar-refractivity contribution in [3.8, 4) is 11.3 Å². The molecule has 2 aromatic carbocycles. The van der Waals surface area contributed by atoms with Crippen LogP contribution in [0.25, 0.3) is 27.9 Å². The van der Waals surface area contributed by atoms with Crippen LogP contribution < -0.4 is 10.6 Å². The molecule has 1 aliphatic rings. The third-order valence-corrected chi connectivity index (χ3v) is 6.91. The molecule has 0 spiro atoms. The fraction of sp³-hybridized carbons (Fsp3) is 0.269. The second kappa shape index (κ2) is 9.40. The molecule has 36 heavy (non-hydrogen) atoms. The standard InChI is InChI=1S/C26H26ClFN8/c1-35-9-7-16(8-10-35)14-29-21-13-23(27)34-36-22(15-30-25(21)36)17-11-19(28)24-20(12-17)32-26(33-24)31-18-5-3-2-4-6-18/h2-6,11-13,15-16,29H,7-10,14H2,1H3,(H2,31,32,33). The van der Waals surface area contributed by atoms with Gasteiger partial charge in [0.25, 0.3) is 0 Å². The quantitative estimate of drug-likeness (QED) is 0.280. The minimum absolute atomic E-state index is 0.262. The molecule has 8 nitrogen and oxygen atoms in total. The van der Waals surface area contributed by atoms with E-state index in [9.17, 15) is 0 Å². The molecule has 6 rings (SSSR count). The van der Waals surface area contributed by atoms with Crippen molar-refractivity contribution in [3.05, 3.63) is 65.7 Å². The summed E-state index contributed by atoms with van der Waals surface area (Å²) >= 11 is 6.38. The molecule has 5 aromatic rings. The van der Waals surface area contributed by atoms with Gasteiger partial charge in [-0.05, 0) is 63.2 Å². The van der Waals surface area contributed by atoms with Crippen LogP contribution in [-0.4, -0.2) is 56.1 Å². The van der Waals surface area contributed by atoms with Crippen LogP contribution in [0.4, 0.5) is 21.7 Å². The minimum atomic E-state index is -0.433. The summed E-state index contributed by atoms with van der Waals surface area (Å²) in [7, 11) is 2.16. The highest BCUT2D eigenvalue weighted by Crippen LogP contribution is 2.30. The Kier molecular flexibility index (Phi) is 5.94. The van der Waals surface area contributed by atoms with Gasteiger partial charge in [0, 0.05) is 23.9 Å². The summed E-state index contributed by atoms with van der Waals surface area (Å²) in [6, 6.07) is 14.7. The molecular formula is C26H26ClFN8. The molecule has 0 aliphatic carbocycles. The first kappa shape index (κ1) is 22.8. The number of anilines is 3. The highest BCUT2D eigenvalue weighted by Gasteiger charge is 2.19. The van der Waals surface area contributed by atoms with Crippen molar-refractivity contribution in [2.24, 2.45) is 5.92 Å². The average molecular weight is 505 g/mol. The largest absolute Gasteiger partial charge is 0.382 e. The Bertz CT molecular complexity index is 1520. The predicted molar refractivity (Wildman–Crippen MR) is 141 cm³/mol. The normalized spacial score (nSPS) is 15.1. The first-order valence-corrected chi connectivity index (χ1v) is 12.4. The van der Waals surface area contributed by atoms with Crippen LogP contribution in [-0.2, 0) is 0 Å². The lowest BCUT2D eigenvalue weighted by Gasteiger charge is -2.29. The maximum Gasteiger partial charge on any atom is 0.205 e. The molecule has 0 amide bonds. The number of aromatic amines is 1. The van der Waals surface area contributed by atoms with E-state index in [2.05, 4.69) is 42.6 Å². The van der Waals surface area contributed by atoms with Crippen LogP contribution >= 0.6 is 11.6 Å². The van der Waals surface area contributed by atoms with Crippen molar-refractivity contribution in [2.75, 3.05) is 37.3 Å². The number of rotatable bonds is 6. The maximum atomic E-state index is 15.1. The van der Waals surface area contributed by atoms with E-state index in [0.29, 0.717) is 39.4 Å². The minimum Gasteiger partial charge on any atom is -0.382 e. The first-order valence-electron chi connectivity index (χ1n) is 12.0. The Hall–Kier alpha value is -3.69. The predicted octanol–water partition coefficient (Wildman–Crippen LogP) is 5.56. The van der Waals surface area contributed by atoms with Gasteiger partial charge in [-0.25, -0.2) is 18.9 Å². The summed E-state index contributed by atoms with van der Waals surface area (Å²) < 4.78 is 16.8. The summed E-state index contributed by atoms with van der Waals surface area (Å²) in [5.41, 5.74) is 4.43. The van der Waals surface area contributed by atoms with Crippen LogP contribution in [0.15, 0.2) is 54.7 Å². The number of imidazole rings is 2. The van der Waals surface area contributed by atoms with Crippen LogP contribution in [0, 0.1) is 11.7 Å². The molecule has 0 atom stereocenters. The highest BCUT2D eigenvalue weighted by atomic mass is 35.5. The van der Waals surface area contributed by atoms with Gasteiger partial charge >= 0.3 is 0 Å². The Morgan fingerprint density at radius 1 is 1.14 bits per heavy atom. The molecular weight excluding hydrogens is 479 g/mol. The molecule has 0 saturated carbocycles. The van der Waals surface area contributed by atoms with E-state index < -0.39 is 5.82 Å². The third kappa shape index (κ3) is 4.47. The van der Waals surface area contributed by atoms with Gasteiger partial charge < -0.3 is 20.5 Å². The molecule has 184 valence electrons. The molecule has 1 fully saturated rings. The first-order chi connectivity index (χ1) is 17.5. The number of H-pyrrole nitrogens is 1. The lowest BCUT2D eigenvalue weighted by molar-refractivity contribution is 0.226.